The first-order valence-electron chi connectivity index (χ1n) is 6.26. The minimum atomic E-state index is 0.0727. The average molecular weight is 283 g/mol. The lowest BCUT2D eigenvalue weighted by Gasteiger charge is -2.28. The third kappa shape index (κ3) is 3.42. The van der Waals surface area contributed by atoms with Gasteiger partial charge in [-0.05, 0) is 11.4 Å². The molecule has 18 heavy (non-hydrogen) atoms. The predicted octanol–water partition coefficient (Wildman–Crippen LogP) is 2.39. The summed E-state index contributed by atoms with van der Waals surface area (Å²) in [7, 11) is 0. The summed E-state index contributed by atoms with van der Waals surface area (Å²) in [5, 5.41) is 2.12. The Kier molecular flexibility index (Phi) is 4.56. The summed E-state index contributed by atoms with van der Waals surface area (Å²) in [6.07, 6.45) is 0. The second-order valence-corrected chi connectivity index (χ2v) is 7.31. The zero-order chi connectivity index (χ0) is 13.0. The summed E-state index contributed by atoms with van der Waals surface area (Å²) in [5.41, 5.74) is 6.15. The van der Waals surface area contributed by atoms with Crippen molar-refractivity contribution in [3.05, 3.63) is 22.4 Å². The number of hydrogen-bond acceptors (Lipinski definition) is 3. The maximum atomic E-state index is 6.08. The van der Waals surface area contributed by atoms with Crippen LogP contribution < -0.4 is 5.73 Å². The molecule has 0 unspecified atom stereocenters. The summed E-state index contributed by atoms with van der Waals surface area (Å²) >= 11 is 3.78. The highest BCUT2D eigenvalue weighted by atomic mass is 32.2. The van der Waals surface area contributed by atoms with Gasteiger partial charge in [-0.3, -0.25) is 4.99 Å². The molecule has 2 N–H and O–H groups in total. The Labute approximate surface area is 117 Å². The molecular weight excluding hydrogens is 262 g/mol. The van der Waals surface area contributed by atoms with Gasteiger partial charge >= 0.3 is 0 Å². The average Bonchev–Trinajstić information content (AvgIpc) is 2.92. The fraction of sp³-hybridized carbons (Fsp3) is 0.615. The molecule has 0 atom stereocenters. The number of rotatable bonds is 3. The summed E-state index contributed by atoms with van der Waals surface area (Å²) < 4.78 is 0. The molecule has 0 amide bonds. The Hall–Kier alpha value is -0.680. The van der Waals surface area contributed by atoms with E-state index in [1.807, 2.05) is 11.8 Å². The van der Waals surface area contributed by atoms with Crippen LogP contribution in [0.4, 0.5) is 0 Å². The number of thioether (sulfide) groups is 1. The van der Waals surface area contributed by atoms with E-state index in [1.165, 1.54) is 4.88 Å². The molecule has 0 aromatic carbocycles. The van der Waals surface area contributed by atoms with Crippen molar-refractivity contribution in [2.75, 3.05) is 31.1 Å². The molecule has 1 aliphatic heterocycles. The van der Waals surface area contributed by atoms with Gasteiger partial charge in [-0.15, -0.1) is 11.3 Å². The Morgan fingerprint density at radius 1 is 1.44 bits per heavy atom. The Balaban J connectivity index is 1.96. The minimum absolute atomic E-state index is 0.0727. The van der Waals surface area contributed by atoms with Crippen molar-refractivity contribution < 1.29 is 0 Å². The maximum Gasteiger partial charge on any atom is 0.191 e. The van der Waals surface area contributed by atoms with Crippen LogP contribution in [0.1, 0.15) is 18.7 Å². The van der Waals surface area contributed by atoms with Crippen LogP contribution in [0.3, 0.4) is 0 Å². The Morgan fingerprint density at radius 3 is 2.78 bits per heavy atom. The van der Waals surface area contributed by atoms with E-state index >= 15 is 0 Å². The molecule has 1 saturated heterocycles. The highest BCUT2D eigenvalue weighted by Crippen LogP contribution is 2.27. The van der Waals surface area contributed by atoms with E-state index in [0.29, 0.717) is 5.96 Å². The fourth-order valence-electron chi connectivity index (χ4n) is 1.91. The van der Waals surface area contributed by atoms with Crippen molar-refractivity contribution in [1.82, 2.24) is 4.90 Å². The van der Waals surface area contributed by atoms with Crippen LogP contribution in [0, 0.1) is 0 Å². The number of aliphatic imine (C=N–C) groups is 1. The largest absolute Gasteiger partial charge is 0.370 e. The van der Waals surface area contributed by atoms with Gasteiger partial charge in [0.15, 0.2) is 5.96 Å². The lowest BCUT2D eigenvalue weighted by atomic mass is 9.92. The third-order valence-corrected chi connectivity index (χ3v) is 5.34. The van der Waals surface area contributed by atoms with Crippen LogP contribution in [0.15, 0.2) is 22.5 Å². The zero-order valence-electron chi connectivity index (χ0n) is 11.1. The first-order valence-corrected chi connectivity index (χ1v) is 8.29. The van der Waals surface area contributed by atoms with Gasteiger partial charge in [-0.25, -0.2) is 0 Å². The Bertz CT molecular complexity index is 392. The molecule has 0 spiro atoms. The van der Waals surface area contributed by atoms with Gasteiger partial charge < -0.3 is 10.6 Å². The van der Waals surface area contributed by atoms with E-state index in [4.69, 9.17) is 5.73 Å². The fourth-order valence-corrected chi connectivity index (χ4v) is 3.66. The van der Waals surface area contributed by atoms with Crippen LogP contribution >= 0.6 is 23.1 Å². The molecule has 100 valence electrons. The van der Waals surface area contributed by atoms with E-state index in [1.54, 1.807) is 11.3 Å². The molecule has 0 bridgehead atoms. The molecule has 1 fully saturated rings. The zero-order valence-corrected chi connectivity index (χ0v) is 12.7. The monoisotopic (exact) mass is 283 g/mol. The van der Waals surface area contributed by atoms with Gasteiger partial charge in [0, 0.05) is 34.9 Å². The normalized spacial score (nSPS) is 18.1. The molecule has 2 rings (SSSR count). The van der Waals surface area contributed by atoms with Crippen LogP contribution in [-0.4, -0.2) is 42.0 Å². The summed E-state index contributed by atoms with van der Waals surface area (Å²) in [6, 6.07) is 4.27. The standard InChI is InChI=1S/C13H21N3S2/c1-13(2,11-4-3-7-18-11)10-15-12(14)16-5-8-17-9-6-16/h3-4,7H,5-6,8-10H2,1-2H3,(H2,14,15). The second-order valence-electron chi connectivity index (χ2n) is 5.14. The smallest absolute Gasteiger partial charge is 0.191 e. The quantitative estimate of drug-likeness (QED) is 0.684. The van der Waals surface area contributed by atoms with Crippen molar-refractivity contribution >= 4 is 29.1 Å². The van der Waals surface area contributed by atoms with Gasteiger partial charge in [0.25, 0.3) is 0 Å². The van der Waals surface area contributed by atoms with Crippen LogP contribution in [0.5, 0.6) is 0 Å². The predicted molar refractivity (Wildman–Crippen MR) is 82.7 cm³/mol. The van der Waals surface area contributed by atoms with Gasteiger partial charge in [-0.1, -0.05) is 19.9 Å². The van der Waals surface area contributed by atoms with E-state index < -0.39 is 0 Å². The summed E-state index contributed by atoms with van der Waals surface area (Å²) in [4.78, 5) is 8.16. The molecule has 5 heteroatoms. The van der Waals surface area contributed by atoms with Gasteiger partial charge in [0.05, 0.1) is 6.54 Å². The molecule has 3 nitrogen and oxygen atoms in total. The molecule has 1 aromatic heterocycles. The SMILES string of the molecule is CC(C)(CN=C(N)N1CCSCC1)c1cccs1. The molecule has 1 aliphatic rings. The van der Waals surface area contributed by atoms with E-state index in [2.05, 4.69) is 41.3 Å². The molecule has 0 aliphatic carbocycles. The lowest BCUT2D eigenvalue weighted by molar-refractivity contribution is 0.450. The topological polar surface area (TPSA) is 41.6 Å². The van der Waals surface area contributed by atoms with Crippen LogP contribution in [-0.2, 0) is 5.41 Å². The maximum absolute atomic E-state index is 6.08. The number of nitrogens with zero attached hydrogens (tertiary/aromatic N) is 2. The number of hydrogen-bond donors (Lipinski definition) is 1. The highest BCUT2D eigenvalue weighted by molar-refractivity contribution is 7.99. The van der Waals surface area contributed by atoms with Gasteiger partial charge in [0.1, 0.15) is 0 Å². The van der Waals surface area contributed by atoms with Gasteiger partial charge in [0.2, 0.25) is 0 Å². The second kappa shape index (κ2) is 5.97. The molecule has 2 heterocycles. The molecule has 1 aromatic rings. The van der Waals surface area contributed by atoms with E-state index in [-0.39, 0.29) is 5.41 Å². The minimum Gasteiger partial charge on any atom is -0.370 e. The van der Waals surface area contributed by atoms with E-state index in [9.17, 15) is 0 Å². The molecular formula is C13H21N3S2. The molecule has 0 radical (unpaired) electrons. The number of guanidine groups is 1. The summed E-state index contributed by atoms with van der Waals surface area (Å²) in [5.74, 6) is 3.02. The third-order valence-electron chi connectivity index (χ3n) is 3.16. The van der Waals surface area contributed by atoms with Gasteiger partial charge in [-0.2, -0.15) is 11.8 Å². The number of nitrogens with two attached hydrogens (primary N) is 1. The van der Waals surface area contributed by atoms with Crippen molar-refractivity contribution in [3.63, 3.8) is 0 Å². The summed E-state index contributed by atoms with van der Waals surface area (Å²) in [6.45, 7) is 7.26. The van der Waals surface area contributed by atoms with Crippen LogP contribution in [0.25, 0.3) is 0 Å². The van der Waals surface area contributed by atoms with Crippen molar-refractivity contribution in [3.8, 4) is 0 Å². The van der Waals surface area contributed by atoms with Crippen molar-refractivity contribution in [2.24, 2.45) is 10.7 Å². The van der Waals surface area contributed by atoms with Crippen molar-refractivity contribution in [2.45, 2.75) is 19.3 Å². The highest BCUT2D eigenvalue weighted by Gasteiger charge is 2.22. The first-order chi connectivity index (χ1) is 8.59. The van der Waals surface area contributed by atoms with E-state index in [0.717, 1.165) is 31.1 Å². The Morgan fingerprint density at radius 2 is 2.17 bits per heavy atom. The lowest BCUT2D eigenvalue weighted by Crippen LogP contribution is -2.43. The van der Waals surface area contributed by atoms with Crippen LogP contribution in [0.2, 0.25) is 0 Å². The molecule has 0 saturated carbocycles. The first kappa shape index (κ1) is 13.7. The van der Waals surface area contributed by atoms with Crippen molar-refractivity contribution in [1.29, 1.82) is 0 Å². The number of thiophene rings is 1.